The van der Waals surface area contributed by atoms with Gasteiger partial charge in [0, 0.05) is 11.5 Å². The highest BCUT2D eigenvalue weighted by Crippen LogP contribution is 2.70. The van der Waals surface area contributed by atoms with Crippen molar-refractivity contribution in [2.75, 3.05) is 0 Å². The summed E-state index contributed by atoms with van der Waals surface area (Å²) in [6.07, 6.45) is 16.4. The maximum Gasteiger partial charge on any atom is 0.335 e. The van der Waals surface area contributed by atoms with Crippen molar-refractivity contribution in [2.24, 2.45) is 34.5 Å². The highest BCUT2D eigenvalue weighted by Gasteiger charge is 2.66. The third-order valence-electron chi connectivity index (χ3n) is 10.7. The molecule has 0 spiro atoms. The Balaban J connectivity index is 1.33. The van der Waals surface area contributed by atoms with E-state index in [1.165, 1.54) is 38.5 Å². The van der Waals surface area contributed by atoms with E-state index in [0.29, 0.717) is 17.3 Å². The molecule has 0 aliphatic heterocycles. The van der Waals surface area contributed by atoms with Crippen LogP contribution in [0.4, 0.5) is 0 Å². The Bertz CT molecular complexity index is 921. The minimum absolute atomic E-state index is 0.128. The van der Waals surface area contributed by atoms with Gasteiger partial charge in [0.1, 0.15) is 0 Å². The molecule has 5 aliphatic carbocycles. The van der Waals surface area contributed by atoms with Gasteiger partial charge in [-0.15, -0.1) is 0 Å². The van der Waals surface area contributed by atoms with Gasteiger partial charge in [0.2, 0.25) is 0 Å². The van der Waals surface area contributed by atoms with Crippen LogP contribution in [0.3, 0.4) is 0 Å². The standard InChI is InChI=1S/C27H36O3/c1-25-12-9-18(17-3-4-17)15-20(25)6-7-23-22(25)10-13-26(2)21(11-14-27(23,26)29)19-5-8-24(28)30-16-19/h5,8,15-18,21-23,29H,3-4,6-7,9-14H2,1-2H3. The van der Waals surface area contributed by atoms with Gasteiger partial charge < -0.3 is 9.52 Å². The van der Waals surface area contributed by atoms with Gasteiger partial charge in [0.05, 0.1) is 11.9 Å². The summed E-state index contributed by atoms with van der Waals surface area (Å²) in [5, 5.41) is 12.3. The minimum Gasteiger partial charge on any atom is -0.431 e. The van der Waals surface area contributed by atoms with Gasteiger partial charge in [-0.2, -0.15) is 0 Å². The molecule has 162 valence electrons. The zero-order valence-corrected chi connectivity index (χ0v) is 18.5. The van der Waals surface area contributed by atoms with Crippen LogP contribution in [0.5, 0.6) is 0 Å². The first-order valence-electron chi connectivity index (χ1n) is 12.4. The maximum atomic E-state index is 12.3. The van der Waals surface area contributed by atoms with E-state index in [-0.39, 0.29) is 17.0 Å². The summed E-state index contributed by atoms with van der Waals surface area (Å²) in [5.41, 5.74) is 2.11. The third-order valence-corrected chi connectivity index (χ3v) is 10.7. The number of hydrogen-bond donors (Lipinski definition) is 1. The van der Waals surface area contributed by atoms with Crippen LogP contribution in [-0.2, 0) is 0 Å². The summed E-state index contributed by atoms with van der Waals surface area (Å²) in [7, 11) is 0. The van der Waals surface area contributed by atoms with E-state index in [2.05, 4.69) is 19.9 Å². The van der Waals surface area contributed by atoms with Crippen LogP contribution in [0.2, 0.25) is 0 Å². The molecule has 5 aliphatic rings. The van der Waals surface area contributed by atoms with Crippen molar-refractivity contribution in [3.05, 3.63) is 46.0 Å². The first-order chi connectivity index (χ1) is 14.3. The van der Waals surface area contributed by atoms with Crippen LogP contribution >= 0.6 is 0 Å². The molecule has 0 bridgehead atoms. The molecule has 0 saturated heterocycles. The van der Waals surface area contributed by atoms with Crippen molar-refractivity contribution < 1.29 is 9.52 Å². The maximum absolute atomic E-state index is 12.3. The van der Waals surface area contributed by atoms with Crippen LogP contribution in [-0.4, -0.2) is 10.7 Å². The van der Waals surface area contributed by atoms with Crippen LogP contribution in [0, 0.1) is 34.5 Å². The second kappa shape index (κ2) is 6.34. The second-order valence-corrected chi connectivity index (χ2v) is 11.8. The van der Waals surface area contributed by atoms with E-state index in [9.17, 15) is 9.90 Å². The summed E-state index contributed by atoms with van der Waals surface area (Å²) < 4.78 is 5.21. The van der Waals surface area contributed by atoms with Crippen LogP contribution < -0.4 is 5.63 Å². The third kappa shape index (κ3) is 2.51. The van der Waals surface area contributed by atoms with Gasteiger partial charge >= 0.3 is 5.63 Å². The molecule has 3 heteroatoms. The molecule has 30 heavy (non-hydrogen) atoms. The van der Waals surface area contributed by atoms with E-state index in [1.54, 1.807) is 17.9 Å². The fraction of sp³-hybridized carbons (Fsp3) is 0.741. The molecule has 0 amide bonds. The molecule has 1 N–H and O–H groups in total. The molecular formula is C27H36O3. The normalized spacial score (nSPS) is 47.8. The zero-order valence-electron chi connectivity index (χ0n) is 18.5. The Morgan fingerprint density at radius 3 is 2.53 bits per heavy atom. The Kier molecular flexibility index (Phi) is 4.09. The number of aliphatic hydroxyl groups is 1. The predicted molar refractivity (Wildman–Crippen MR) is 117 cm³/mol. The molecule has 3 nitrogen and oxygen atoms in total. The highest BCUT2D eigenvalue weighted by molar-refractivity contribution is 5.31. The van der Waals surface area contributed by atoms with Crippen molar-refractivity contribution in [3.8, 4) is 0 Å². The number of allylic oxidation sites excluding steroid dienone is 2. The molecule has 4 saturated carbocycles. The van der Waals surface area contributed by atoms with Crippen LogP contribution in [0.15, 0.2) is 39.3 Å². The van der Waals surface area contributed by atoms with Gasteiger partial charge in [0.25, 0.3) is 0 Å². The lowest BCUT2D eigenvalue weighted by molar-refractivity contribution is -0.177. The number of rotatable bonds is 2. The summed E-state index contributed by atoms with van der Waals surface area (Å²) in [5.74, 6) is 3.10. The van der Waals surface area contributed by atoms with E-state index in [1.807, 2.05) is 6.07 Å². The summed E-state index contributed by atoms with van der Waals surface area (Å²) >= 11 is 0. The largest absolute Gasteiger partial charge is 0.431 e. The first kappa shape index (κ1) is 19.3. The highest BCUT2D eigenvalue weighted by atomic mass is 16.4. The number of hydrogen-bond acceptors (Lipinski definition) is 3. The van der Waals surface area contributed by atoms with Crippen molar-refractivity contribution in [3.63, 3.8) is 0 Å². The lowest BCUT2D eigenvalue weighted by Crippen LogP contribution is -2.60. The van der Waals surface area contributed by atoms with Crippen LogP contribution in [0.1, 0.15) is 89.5 Å². The molecule has 7 unspecified atom stereocenters. The van der Waals surface area contributed by atoms with Crippen molar-refractivity contribution in [2.45, 2.75) is 89.6 Å². The van der Waals surface area contributed by atoms with Gasteiger partial charge in [0.15, 0.2) is 0 Å². The Hall–Kier alpha value is -1.35. The molecule has 7 atom stereocenters. The number of fused-ring (bicyclic) bond motifs is 5. The van der Waals surface area contributed by atoms with E-state index >= 15 is 0 Å². The first-order valence-corrected chi connectivity index (χ1v) is 12.4. The van der Waals surface area contributed by atoms with Gasteiger partial charge in [-0.3, -0.25) is 0 Å². The lowest BCUT2D eigenvalue weighted by Gasteiger charge is -2.62. The zero-order chi connectivity index (χ0) is 20.7. The van der Waals surface area contributed by atoms with Crippen LogP contribution in [0.25, 0.3) is 0 Å². The SMILES string of the molecule is CC12CCC(C3CC3)C=C1CCC1C2CCC2(C)C(c3ccc(=O)oc3)CCC12O. The van der Waals surface area contributed by atoms with Gasteiger partial charge in [-0.1, -0.05) is 25.5 Å². The van der Waals surface area contributed by atoms with Gasteiger partial charge in [-0.05, 0) is 111 Å². The fourth-order valence-electron chi connectivity index (χ4n) is 8.72. The molecule has 1 aromatic heterocycles. The smallest absolute Gasteiger partial charge is 0.335 e. The monoisotopic (exact) mass is 408 g/mol. The van der Waals surface area contributed by atoms with E-state index < -0.39 is 5.60 Å². The molecule has 1 aromatic rings. The summed E-state index contributed by atoms with van der Waals surface area (Å²) in [6, 6.07) is 3.47. The lowest BCUT2D eigenvalue weighted by atomic mass is 9.44. The predicted octanol–water partition coefficient (Wildman–Crippen LogP) is 5.83. The topological polar surface area (TPSA) is 50.4 Å². The Morgan fingerprint density at radius 2 is 1.80 bits per heavy atom. The van der Waals surface area contributed by atoms with Crippen molar-refractivity contribution in [1.29, 1.82) is 0 Å². The molecule has 6 rings (SSSR count). The molecule has 0 aromatic carbocycles. The molecule has 0 radical (unpaired) electrons. The summed E-state index contributed by atoms with van der Waals surface area (Å²) in [6.45, 7) is 4.85. The minimum atomic E-state index is -0.599. The van der Waals surface area contributed by atoms with Gasteiger partial charge in [-0.25, -0.2) is 4.79 Å². The molecular weight excluding hydrogens is 372 g/mol. The van der Waals surface area contributed by atoms with Crippen molar-refractivity contribution >= 4 is 0 Å². The Labute approximate surface area is 180 Å². The van der Waals surface area contributed by atoms with E-state index in [4.69, 9.17) is 4.42 Å². The quantitative estimate of drug-likeness (QED) is 0.627. The second-order valence-electron chi connectivity index (χ2n) is 11.8. The van der Waals surface area contributed by atoms with E-state index in [0.717, 1.165) is 43.1 Å². The Morgan fingerprint density at radius 1 is 0.967 bits per heavy atom. The average molecular weight is 409 g/mol. The fourth-order valence-corrected chi connectivity index (χ4v) is 8.72. The molecule has 1 heterocycles. The van der Waals surface area contributed by atoms with Crippen molar-refractivity contribution in [1.82, 2.24) is 0 Å². The molecule has 4 fully saturated rings. The average Bonchev–Trinajstić information content (AvgIpc) is 3.53. The summed E-state index contributed by atoms with van der Waals surface area (Å²) in [4.78, 5) is 11.5.